The Hall–Kier alpha value is -2.56. The number of ether oxygens (including phenoxy) is 2. The SMILES string of the molecule is COC(=O)C1=C(CN2CCO[C@H](/C=C/C(=O)O)C2)NC(c2nccs2)=NC1. The van der Waals surface area contributed by atoms with E-state index in [0.29, 0.717) is 43.3 Å². The van der Waals surface area contributed by atoms with Gasteiger partial charge in [0.15, 0.2) is 10.8 Å². The van der Waals surface area contributed by atoms with Gasteiger partial charge in [0.2, 0.25) is 0 Å². The van der Waals surface area contributed by atoms with E-state index in [1.165, 1.54) is 24.5 Å². The smallest absolute Gasteiger partial charge is 0.337 e. The van der Waals surface area contributed by atoms with Crippen LogP contribution < -0.4 is 5.32 Å². The number of morpholine rings is 1. The van der Waals surface area contributed by atoms with Gasteiger partial charge in [0, 0.05) is 43.0 Å². The van der Waals surface area contributed by atoms with Crippen molar-refractivity contribution in [3.05, 3.63) is 40.0 Å². The second kappa shape index (κ2) is 8.89. The summed E-state index contributed by atoms with van der Waals surface area (Å²) in [5.41, 5.74) is 1.19. The van der Waals surface area contributed by atoms with Gasteiger partial charge in [-0.3, -0.25) is 9.89 Å². The van der Waals surface area contributed by atoms with Crippen LogP contribution in [0.5, 0.6) is 0 Å². The van der Waals surface area contributed by atoms with E-state index in [0.717, 1.165) is 11.1 Å². The molecule has 0 bridgehead atoms. The molecule has 144 valence electrons. The van der Waals surface area contributed by atoms with E-state index in [1.54, 1.807) is 6.20 Å². The van der Waals surface area contributed by atoms with Crippen LogP contribution in [0.4, 0.5) is 0 Å². The summed E-state index contributed by atoms with van der Waals surface area (Å²) in [5, 5.41) is 14.6. The highest BCUT2D eigenvalue weighted by molar-refractivity contribution is 7.11. The molecule has 2 aliphatic rings. The molecule has 0 saturated carbocycles. The Balaban J connectivity index is 1.73. The number of thiazole rings is 1. The van der Waals surface area contributed by atoms with E-state index in [4.69, 9.17) is 14.6 Å². The number of aliphatic carboxylic acids is 1. The Morgan fingerprint density at radius 1 is 1.56 bits per heavy atom. The van der Waals surface area contributed by atoms with Crippen LogP contribution in [0.3, 0.4) is 0 Å². The Morgan fingerprint density at radius 2 is 2.41 bits per heavy atom. The van der Waals surface area contributed by atoms with Crippen LogP contribution in [0, 0.1) is 0 Å². The summed E-state index contributed by atoms with van der Waals surface area (Å²) in [6.07, 6.45) is 4.00. The molecule has 9 nitrogen and oxygen atoms in total. The van der Waals surface area contributed by atoms with Gasteiger partial charge in [-0.15, -0.1) is 11.3 Å². The normalized spacial score (nSPS) is 21.1. The number of esters is 1. The van der Waals surface area contributed by atoms with Crippen LogP contribution in [0.15, 0.2) is 40.0 Å². The van der Waals surface area contributed by atoms with Crippen molar-refractivity contribution in [3.63, 3.8) is 0 Å². The molecule has 10 heteroatoms. The Morgan fingerprint density at radius 3 is 3.11 bits per heavy atom. The highest BCUT2D eigenvalue weighted by Gasteiger charge is 2.26. The minimum atomic E-state index is -1.01. The number of aliphatic imine (C=N–C) groups is 1. The monoisotopic (exact) mass is 392 g/mol. The maximum atomic E-state index is 12.1. The number of carbonyl (C=O) groups is 2. The number of nitrogens with one attached hydrogen (secondary N) is 1. The summed E-state index contributed by atoms with van der Waals surface area (Å²) in [4.78, 5) is 33.6. The molecule has 1 aromatic heterocycles. The number of nitrogens with zero attached hydrogens (tertiary/aromatic N) is 3. The van der Waals surface area contributed by atoms with Gasteiger partial charge in [0.1, 0.15) is 0 Å². The Kier molecular flexibility index (Phi) is 6.32. The van der Waals surface area contributed by atoms with E-state index in [2.05, 4.69) is 20.2 Å². The third-order valence-corrected chi connectivity index (χ3v) is 4.89. The predicted octanol–water partition coefficient (Wildman–Crippen LogP) is 0.262. The van der Waals surface area contributed by atoms with Gasteiger partial charge in [0.05, 0.1) is 31.9 Å². The fourth-order valence-electron chi connectivity index (χ4n) is 2.82. The van der Waals surface area contributed by atoms with Gasteiger partial charge < -0.3 is 19.9 Å². The van der Waals surface area contributed by atoms with E-state index in [9.17, 15) is 9.59 Å². The third-order valence-electron chi connectivity index (χ3n) is 4.11. The highest BCUT2D eigenvalue weighted by atomic mass is 32.1. The largest absolute Gasteiger partial charge is 0.478 e. The molecule has 0 aliphatic carbocycles. The summed E-state index contributed by atoms with van der Waals surface area (Å²) in [6, 6.07) is 0. The maximum absolute atomic E-state index is 12.1. The van der Waals surface area contributed by atoms with Gasteiger partial charge in [-0.25, -0.2) is 14.6 Å². The van der Waals surface area contributed by atoms with Gasteiger partial charge >= 0.3 is 11.9 Å². The van der Waals surface area contributed by atoms with Crippen LogP contribution in [0.1, 0.15) is 5.01 Å². The zero-order valence-corrected chi connectivity index (χ0v) is 15.6. The molecule has 1 atom stereocenters. The number of hydrogen-bond donors (Lipinski definition) is 2. The molecule has 2 N–H and O–H groups in total. The molecule has 0 aromatic carbocycles. The summed E-state index contributed by atoms with van der Waals surface area (Å²) in [7, 11) is 1.34. The van der Waals surface area contributed by atoms with Gasteiger partial charge in [0.25, 0.3) is 0 Å². The molecule has 3 heterocycles. The lowest BCUT2D eigenvalue weighted by atomic mass is 10.1. The summed E-state index contributed by atoms with van der Waals surface area (Å²) < 4.78 is 10.5. The highest BCUT2D eigenvalue weighted by Crippen LogP contribution is 2.17. The lowest BCUT2D eigenvalue weighted by Crippen LogP contribution is -2.45. The summed E-state index contributed by atoms with van der Waals surface area (Å²) >= 11 is 1.46. The fourth-order valence-corrected chi connectivity index (χ4v) is 3.42. The van der Waals surface area contributed by atoms with Crippen LogP contribution in [-0.2, 0) is 19.1 Å². The van der Waals surface area contributed by atoms with Crippen molar-refractivity contribution in [2.24, 2.45) is 4.99 Å². The number of hydrogen-bond acceptors (Lipinski definition) is 9. The molecular formula is C17H20N4O5S. The Labute approximate surface area is 160 Å². The van der Waals surface area contributed by atoms with Crippen molar-refractivity contribution < 1.29 is 24.2 Å². The third kappa shape index (κ3) is 5.00. The van der Waals surface area contributed by atoms with E-state index in [1.807, 2.05) is 5.38 Å². The number of amidine groups is 1. The van der Waals surface area contributed by atoms with Crippen molar-refractivity contribution in [2.75, 3.05) is 39.9 Å². The second-order valence-electron chi connectivity index (χ2n) is 5.92. The van der Waals surface area contributed by atoms with Gasteiger partial charge in [-0.2, -0.15) is 0 Å². The molecule has 1 saturated heterocycles. The number of aromatic nitrogens is 1. The number of rotatable bonds is 6. The first-order valence-electron chi connectivity index (χ1n) is 8.33. The lowest BCUT2D eigenvalue weighted by Gasteiger charge is -2.33. The lowest BCUT2D eigenvalue weighted by molar-refractivity contribution is -0.136. The fraction of sp³-hybridized carbons (Fsp3) is 0.412. The van der Waals surface area contributed by atoms with Crippen molar-refractivity contribution in [2.45, 2.75) is 6.10 Å². The molecular weight excluding hydrogens is 372 g/mol. The van der Waals surface area contributed by atoms with E-state index < -0.39 is 11.9 Å². The van der Waals surface area contributed by atoms with Crippen molar-refractivity contribution in [3.8, 4) is 0 Å². The number of carboxylic acid groups (broad SMARTS) is 1. The first-order chi connectivity index (χ1) is 13.1. The van der Waals surface area contributed by atoms with Gasteiger partial charge in [-0.05, 0) is 6.08 Å². The van der Waals surface area contributed by atoms with Crippen molar-refractivity contribution in [1.82, 2.24) is 15.2 Å². The van der Waals surface area contributed by atoms with Crippen molar-refractivity contribution >= 4 is 29.1 Å². The summed E-state index contributed by atoms with van der Waals surface area (Å²) in [6.45, 7) is 2.35. The minimum absolute atomic E-state index is 0.219. The molecule has 0 radical (unpaired) electrons. The second-order valence-corrected chi connectivity index (χ2v) is 6.81. The van der Waals surface area contributed by atoms with E-state index >= 15 is 0 Å². The quantitative estimate of drug-likeness (QED) is 0.524. The number of carbonyl (C=O) groups excluding carboxylic acids is 1. The van der Waals surface area contributed by atoms with Crippen LogP contribution in [0.25, 0.3) is 0 Å². The zero-order chi connectivity index (χ0) is 19.2. The van der Waals surface area contributed by atoms with Crippen LogP contribution >= 0.6 is 11.3 Å². The number of methoxy groups -OCH3 is 1. The zero-order valence-electron chi connectivity index (χ0n) is 14.8. The standard InChI is InChI=1S/C17H20N4O5S/c1-25-17(24)12-8-19-15(16-18-4-7-27-16)20-13(12)10-21-5-6-26-11(9-21)2-3-14(22)23/h2-4,7,11H,5-6,8-10H2,1H3,(H,19,20)(H,22,23)/b3-2+/t11-/m1/s1. The molecule has 3 rings (SSSR count). The molecule has 0 amide bonds. The molecule has 1 fully saturated rings. The molecule has 1 aromatic rings. The van der Waals surface area contributed by atoms with E-state index in [-0.39, 0.29) is 12.6 Å². The Bertz CT molecular complexity index is 787. The first-order valence-corrected chi connectivity index (χ1v) is 9.21. The molecule has 0 spiro atoms. The average Bonchev–Trinajstić information content (AvgIpc) is 3.21. The van der Waals surface area contributed by atoms with Crippen molar-refractivity contribution in [1.29, 1.82) is 0 Å². The molecule has 27 heavy (non-hydrogen) atoms. The van der Waals surface area contributed by atoms with Crippen LogP contribution in [0.2, 0.25) is 0 Å². The predicted molar refractivity (Wildman–Crippen MR) is 98.7 cm³/mol. The first kappa shape index (κ1) is 19.2. The summed E-state index contributed by atoms with van der Waals surface area (Å²) in [5.74, 6) is -0.803. The van der Waals surface area contributed by atoms with Gasteiger partial charge in [-0.1, -0.05) is 0 Å². The maximum Gasteiger partial charge on any atom is 0.337 e. The molecule has 0 unspecified atom stereocenters. The number of carboxylic acids is 1. The van der Waals surface area contributed by atoms with Crippen LogP contribution in [-0.4, -0.2) is 78.8 Å². The average molecular weight is 392 g/mol. The topological polar surface area (TPSA) is 113 Å². The minimum Gasteiger partial charge on any atom is -0.478 e. The molecule has 2 aliphatic heterocycles.